The van der Waals surface area contributed by atoms with Crippen LogP contribution in [0, 0.1) is 12.7 Å². The minimum Gasteiger partial charge on any atom is -0.488 e. The number of hydrogen-bond donors (Lipinski definition) is 1. The van der Waals surface area contributed by atoms with E-state index in [1.165, 1.54) is 53.3 Å². The average molecular weight is 465 g/mol. The van der Waals surface area contributed by atoms with Crippen molar-refractivity contribution in [2.24, 2.45) is 0 Å². The van der Waals surface area contributed by atoms with Crippen molar-refractivity contribution in [1.82, 2.24) is 9.78 Å². The lowest BCUT2D eigenvalue weighted by molar-refractivity contribution is -0.275. The third-order valence-electron chi connectivity index (χ3n) is 5.11. The van der Waals surface area contributed by atoms with Gasteiger partial charge in [-0.25, -0.2) is 9.07 Å². The molecule has 1 aromatic heterocycles. The zero-order valence-corrected chi connectivity index (χ0v) is 17.5. The zero-order valence-electron chi connectivity index (χ0n) is 16.7. The van der Waals surface area contributed by atoms with Crippen LogP contribution in [-0.4, -0.2) is 27.7 Å². The molecule has 9 heteroatoms. The fraction of sp³-hybridized carbons (Fsp3) is 0.174. The van der Waals surface area contributed by atoms with Crippen LogP contribution in [0.15, 0.2) is 66.9 Å². The van der Waals surface area contributed by atoms with Crippen LogP contribution in [0.1, 0.15) is 11.1 Å². The highest BCUT2D eigenvalue weighted by Crippen LogP contribution is 2.41. The first-order valence-electron chi connectivity index (χ1n) is 9.51. The summed E-state index contributed by atoms with van der Waals surface area (Å²) in [6, 6.07) is 13.9. The number of ether oxygens (including phenoxy) is 1. The van der Waals surface area contributed by atoms with E-state index in [1.807, 2.05) is 0 Å². The van der Waals surface area contributed by atoms with Crippen LogP contribution < -0.4 is 4.74 Å². The number of nitrogens with zero attached hydrogens (tertiary/aromatic N) is 2. The van der Waals surface area contributed by atoms with Crippen LogP contribution >= 0.6 is 11.6 Å². The first kappa shape index (κ1) is 22.1. The van der Waals surface area contributed by atoms with E-state index in [4.69, 9.17) is 16.3 Å². The molecule has 4 aromatic rings. The number of aryl methyl sites for hydroxylation is 1. The van der Waals surface area contributed by atoms with Gasteiger partial charge in [0.1, 0.15) is 18.2 Å². The predicted molar refractivity (Wildman–Crippen MR) is 113 cm³/mol. The number of halogens is 5. The van der Waals surface area contributed by atoms with E-state index in [-0.39, 0.29) is 10.8 Å². The summed E-state index contributed by atoms with van der Waals surface area (Å²) in [4.78, 5) is 0. The molecule has 0 radical (unpaired) electrons. The summed E-state index contributed by atoms with van der Waals surface area (Å²) in [5, 5.41) is 15.4. The van der Waals surface area contributed by atoms with Crippen molar-refractivity contribution < 1.29 is 27.4 Å². The molecule has 1 heterocycles. The van der Waals surface area contributed by atoms with Gasteiger partial charge in [0.05, 0.1) is 22.4 Å². The van der Waals surface area contributed by atoms with Gasteiger partial charge in [-0.3, -0.25) is 0 Å². The van der Waals surface area contributed by atoms with Crippen molar-refractivity contribution in [3.8, 4) is 11.4 Å². The summed E-state index contributed by atoms with van der Waals surface area (Å²) in [5.74, 6) is -0.387. The van der Waals surface area contributed by atoms with E-state index in [0.717, 1.165) is 11.6 Å². The maximum Gasteiger partial charge on any atom is 0.424 e. The maximum absolute atomic E-state index is 13.9. The van der Waals surface area contributed by atoms with Crippen molar-refractivity contribution in [1.29, 1.82) is 0 Å². The van der Waals surface area contributed by atoms with E-state index >= 15 is 0 Å². The number of fused-ring (bicyclic) bond motifs is 1. The average Bonchev–Trinajstić information content (AvgIpc) is 3.16. The normalized spacial score (nSPS) is 13.8. The monoisotopic (exact) mass is 464 g/mol. The second-order valence-electron chi connectivity index (χ2n) is 7.39. The van der Waals surface area contributed by atoms with Crippen LogP contribution in [0.5, 0.6) is 5.75 Å². The Morgan fingerprint density at radius 2 is 1.75 bits per heavy atom. The Bertz CT molecular complexity index is 1270. The van der Waals surface area contributed by atoms with Crippen LogP contribution in [0.2, 0.25) is 5.02 Å². The smallest absolute Gasteiger partial charge is 0.424 e. The molecule has 4 rings (SSSR count). The van der Waals surface area contributed by atoms with Gasteiger partial charge in [-0.1, -0.05) is 23.7 Å². The topological polar surface area (TPSA) is 47.3 Å². The van der Waals surface area contributed by atoms with Gasteiger partial charge in [-0.2, -0.15) is 18.3 Å². The van der Waals surface area contributed by atoms with Gasteiger partial charge in [-0.15, -0.1) is 0 Å². The molecule has 1 unspecified atom stereocenters. The van der Waals surface area contributed by atoms with Crippen molar-refractivity contribution in [3.63, 3.8) is 0 Å². The molecule has 0 aliphatic heterocycles. The van der Waals surface area contributed by atoms with E-state index in [2.05, 4.69) is 5.10 Å². The molecule has 0 aliphatic rings. The minimum atomic E-state index is -5.02. The number of aromatic nitrogens is 2. The largest absolute Gasteiger partial charge is 0.488 e. The van der Waals surface area contributed by atoms with Crippen LogP contribution in [0.3, 0.4) is 0 Å². The Labute approximate surface area is 185 Å². The molecule has 0 bridgehead atoms. The Balaban J connectivity index is 1.70. The molecule has 0 fully saturated rings. The third-order valence-corrected chi connectivity index (χ3v) is 5.41. The molecule has 0 amide bonds. The molecule has 3 aromatic carbocycles. The van der Waals surface area contributed by atoms with Gasteiger partial charge in [0, 0.05) is 5.39 Å². The van der Waals surface area contributed by atoms with Gasteiger partial charge >= 0.3 is 6.18 Å². The molecule has 0 aliphatic carbocycles. The third kappa shape index (κ3) is 4.03. The highest BCUT2D eigenvalue weighted by Gasteiger charge is 2.56. The number of benzene rings is 3. The van der Waals surface area contributed by atoms with Gasteiger partial charge in [0.25, 0.3) is 0 Å². The predicted octanol–water partition coefficient (Wildman–Crippen LogP) is 5.96. The quantitative estimate of drug-likeness (QED) is 0.371. The second kappa shape index (κ2) is 8.11. The van der Waals surface area contributed by atoms with E-state index in [9.17, 15) is 22.7 Å². The van der Waals surface area contributed by atoms with Gasteiger partial charge in [-0.05, 0) is 66.6 Å². The Morgan fingerprint density at radius 1 is 1.03 bits per heavy atom. The summed E-state index contributed by atoms with van der Waals surface area (Å²) in [7, 11) is 0. The highest BCUT2D eigenvalue weighted by atomic mass is 35.5. The Hall–Kier alpha value is -3.10. The number of rotatable bonds is 5. The maximum atomic E-state index is 13.9. The van der Waals surface area contributed by atoms with E-state index < -0.39 is 29.8 Å². The molecular formula is C23H17ClF4N2O2. The van der Waals surface area contributed by atoms with Gasteiger partial charge in [0.15, 0.2) is 0 Å². The SMILES string of the molecule is Cc1ccc(OCC(O)(c2ccc3c(cnn3-c3ccc(F)cc3)c2)C(F)(F)F)c(Cl)c1. The summed E-state index contributed by atoms with van der Waals surface area (Å²) in [6.45, 7) is 0.694. The lowest BCUT2D eigenvalue weighted by atomic mass is 9.93. The zero-order chi connectivity index (χ0) is 23.1. The first-order valence-corrected chi connectivity index (χ1v) is 9.88. The van der Waals surface area contributed by atoms with Crippen molar-refractivity contribution >= 4 is 22.5 Å². The molecule has 4 nitrogen and oxygen atoms in total. The Morgan fingerprint density at radius 3 is 2.41 bits per heavy atom. The summed E-state index contributed by atoms with van der Waals surface area (Å²) in [6.07, 6.45) is -3.65. The van der Waals surface area contributed by atoms with Gasteiger partial charge in [0.2, 0.25) is 5.60 Å². The Kier molecular flexibility index (Phi) is 5.60. The number of alkyl halides is 3. The molecule has 1 atom stereocenters. The van der Waals surface area contributed by atoms with Crippen LogP contribution in [-0.2, 0) is 5.60 Å². The van der Waals surface area contributed by atoms with Crippen molar-refractivity contribution in [3.05, 3.63) is 88.8 Å². The second-order valence-corrected chi connectivity index (χ2v) is 7.79. The molecule has 166 valence electrons. The minimum absolute atomic E-state index is 0.0325. The molecule has 0 saturated carbocycles. The summed E-state index contributed by atoms with van der Waals surface area (Å²) in [5.41, 5.74) is -1.84. The number of aliphatic hydroxyl groups is 1. The summed E-state index contributed by atoms with van der Waals surface area (Å²) < 4.78 is 61.8. The summed E-state index contributed by atoms with van der Waals surface area (Å²) >= 11 is 6.05. The van der Waals surface area contributed by atoms with E-state index in [1.54, 1.807) is 19.1 Å². The molecule has 0 saturated heterocycles. The standard InChI is InChI=1S/C23H17ClF4N2O2/c1-14-2-9-21(19(24)10-14)32-13-22(31,23(26,27)28)16-3-8-20-15(11-16)12-29-30(20)18-6-4-17(25)5-7-18/h2-12,31H,13H2,1H3. The molecule has 32 heavy (non-hydrogen) atoms. The lowest BCUT2D eigenvalue weighted by Gasteiger charge is -2.31. The van der Waals surface area contributed by atoms with Crippen LogP contribution in [0.4, 0.5) is 17.6 Å². The van der Waals surface area contributed by atoms with Crippen molar-refractivity contribution in [2.45, 2.75) is 18.7 Å². The molecule has 0 spiro atoms. The van der Waals surface area contributed by atoms with Gasteiger partial charge < -0.3 is 9.84 Å². The highest BCUT2D eigenvalue weighted by molar-refractivity contribution is 6.32. The van der Waals surface area contributed by atoms with Crippen LogP contribution in [0.25, 0.3) is 16.6 Å². The fourth-order valence-electron chi connectivity index (χ4n) is 3.31. The molecule has 1 N–H and O–H groups in total. The molecular weight excluding hydrogens is 448 g/mol. The van der Waals surface area contributed by atoms with Crippen molar-refractivity contribution in [2.75, 3.05) is 6.61 Å². The van der Waals surface area contributed by atoms with E-state index in [0.29, 0.717) is 16.6 Å². The first-order chi connectivity index (χ1) is 15.1. The fourth-order valence-corrected chi connectivity index (χ4v) is 3.60. The lowest BCUT2D eigenvalue weighted by Crippen LogP contribution is -2.47. The number of hydrogen-bond acceptors (Lipinski definition) is 3.